The van der Waals surface area contributed by atoms with Crippen molar-refractivity contribution in [1.82, 2.24) is 0 Å². The number of hydrogen-bond acceptors (Lipinski definition) is 5. The molecule has 0 spiro atoms. The molecule has 0 aliphatic heterocycles. The SMILES string of the molecule is COP(=O)(CC(OC(=O)c1ccccc1)c1ccc(C)cc1)OC. The number of carbonyl (C=O) groups excluding carboxylic acids is 1. The number of aryl methyl sites for hydroxylation is 1. The molecule has 2 aromatic carbocycles. The summed E-state index contributed by atoms with van der Waals surface area (Å²) in [6.07, 6.45) is -0.786. The van der Waals surface area contributed by atoms with Crippen LogP contribution in [0.2, 0.25) is 0 Å². The van der Waals surface area contributed by atoms with Gasteiger partial charge in [0.15, 0.2) is 0 Å². The molecular weight excluding hydrogens is 327 g/mol. The zero-order valence-electron chi connectivity index (χ0n) is 14.0. The van der Waals surface area contributed by atoms with Crippen molar-refractivity contribution in [2.45, 2.75) is 13.0 Å². The fourth-order valence-corrected chi connectivity index (χ4v) is 3.33. The summed E-state index contributed by atoms with van der Waals surface area (Å²) in [5.74, 6) is -0.486. The molecule has 0 fully saturated rings. The average Bonchev–Trinajstić information content (AvgIpc) is 2.62. The molecule has 0 N–H and O–H groups in total. The average molecular weight is 348 g/mol. The van der Waals surface area contributed by atoms with E-state index in [4.69, 9.17) is 13.8 Å². The van der Waals surface area contributed by atoms with Crippen molar-refractivity contribution in [3.63, 3.8) is 0 Å². The molecule has 1 atom stereocenters. The second kappa shape index (κ2) is 8.25. The molecule has 6 heteroatoms. The molecule has 5 nitrogen and oxygen atoms in total. The molecule has 0 saturated carbocycles. The summed E-state index contributed by atoms with van der Waals surface area (Å²) in [4.78, 5) is 12.4. The van der Waals surface area contributed by atoms with E-state index in [1.807, 2.05) is 37.3 Å². The van der Waals surface area contributed by atoms with Gasteiger partial charge in [0.2, 0.25) is 0 Å². The van der Waals surface area contributed by atoms with E-state index in [0.29, 0.717) is 5.56 Å². The van der Waals surface area contributed by atoms with Crippen LogP contribution < -0.4 is 0 Å². The number of hydrogen-bond donors (Lipinski definition) is 0. The van der Waals surface area contributed by atoms with Gasteiger partial charge < -0.3 is 13.8 Å². The van der Waals surface area contributed by atoms with Gasteiger partial charge in [-0.2, -0.15) is 0 Å². The van der Waals surface area contributed by atoms with Crippen LogP contribution in [0.5, 0.6) is 0 Å². The van der Waals surface area contributed by atoms with Gasteiger partial charge in [0, 0.05) is 14.2 Å². The van der Waals surface area contributed by atoms with Gasteiger partial charge >= 0.3 is 13.6 Å². The Bertz CT molecular complexity index is 704. The maximum Gasteiger partial charge on any atom is 0.338 e. The molecule has 0 saturated heterocycles. The Morgan fingerprint density at radius 3 is 2.12 bits per heavy atom. The normalized spacial score (nSPS) is 12.6. The van der Waals surface area contributed by atoms with Crippen LogP contribution >= 0.6 is 7.60 Å². The van der Waals surface area contributed by atoms with E-state index in [0.717, 1.165) is 11.1 Å². The van der Waals surface area contributed by atoms with Crippen LogP contribution in [-0.4, -0.2) is 26.4 Å². The van der Waals surface area contributed by atoms with E-state index in [-0.39, 0.29) is 6.16 Å². The molecule has 1 unspecified atom stereocenters. The largest absolute Gasteiger partial charge is 0.453 e. The van der Waals surface area contributed by atoms with Gasteiger partial charge in [-0.1, -0.05) is 48.0 Å². The first-order valence-corrected chi connectivity index (χ1v) is 9.23. The highest BCUT2D eigenvalue weighted by Crippen LogP contribution is 2.50. The van der Waals surface area contributed by atoms with E-state index in [9.17, 15) is 9.36 Å². The lowest BCUT2D eigenvalue weighted by Crippen LogP contribution is -2.16. The van der Waals surface area contributed by atoms with Crippen molar-refractivity contribution >= 4 is 13.6 Å². The summed E-state index contributed by atoms with van der Waals surface area (Å²) < 4.78 is 28.1. The van der Waals surface area contributed by atoms with Crippen LogP contribution in [0.25, 0.3) is 0 Å². The van der Waals surface area contributed by atoms with Crippen molar-refractivity contribution in [2.24, 2.45) is 0 Å². The molecule has 0 aliphatic rings. The quantitative estimate of drug-likeness (QED) is 0.549. The molecule has 0 aliphatic carbocycles. The standard InChI is InChI=1S/C18H21O5P/c1-14-9-11-15(12-10-14)17(13-24(20,21-2)22-3)23-18(19)16-7-5-4-6-8-16/h4-12,17H,13H2,1-3H3. The monoisotopic (exact) mass is 348 g/mol. The summed E-state index contributed by atoms with van der Waals surface area (Å²) in [7, 11) is -0.710. The van der Waals surface area contributed by atoms with Crippen LogP contribution in [0.1, 0.15) is 27.6 Å². The lowest BCUT2D eigenvalue weighted by Gasteiger charge is -2.22. The molecule has 2 aromatic rings. The lowest BCUT2D eigenvalue weighted by atomic mass is 10.1. The van der Waals surface area contributed by atoms with Crippen molar-refractivity contribution < 1.29 is 23.1 Å². The highest BCUT2D eigenvalue weighted by molar-refractivity contribution is 7.53. The van der Waals surface area contributed by atoms with Crippen LogP contribution in [0.15, 0.2) is 54.6 Å². The minimum Gasteiger partial charge on any atom is -0.453 e. The highest BCUT2D eigenvalue weighted by Gasteiger charge is 2.30. The first kappa shape index (κ1) is 18.4. The fourth-order valence-electron chi connectivity index (χ4n) is 2.19. The van der Waals surface area contributed by atoms with E-state index in [1.54, 1.807) is 24.3 Å². The predicted molar refractivity (Wildman–Crippen MR) is 92.3 cm³/mol. The molecule has 0 heterocycles. The zero-order valence-corrected chi connectivity index (χ0v) is 14.9. The van der Waals surface area contributed by atoms with Gasteiger partial charge in [-0.05, 0) is 24.6 Å². The Hall–Kier alpha value is -1.94. The Morgan fingerprint density at radius 2 is 1.58 bits per heavy atom. The Kier molecular flexibility index (Phi) is 6.32. The third-order valence-electron chi connectivity index (χ3n) is 3.65. The number of ether oxygens (including phenoxy) is 1. The van der Waals surface area contributed by atoms with E-state index >= 15 is 0 Å². The second-order valence-electron chi connectivity index (χ2n) is 5.33. The van der Waals surface area contributed by atoms with Crippen molar-refractivity contribution in [1.29, 1.82) is 0 Å². The maximum absolute atomic E-state index is 12.5. The number of carbonyl (C=O) groups is 1. The van der Waals surface area contributed by atoms with Gasteiger partial charge in [-0.15, -0.1) is 0 Å². The number of esters is 1. The minimum absolute atomic E-state index is 0.0539. The minimum atomic E-state index is -3.34. The van der Waals surface area contributed by atoms with E-state index < -0.39 is 19.7 Å². The van der Waals surface area contributed by atoms with Crippen LogP contribution in [-0.2, 0) is 18.3 Å². The topological polar surface area (TPSA) is 61.8 Å². The molecule has 0 aromatic heterocycles. The second-order valence-corrected chi connectivity index (χ2v) is 7.65. The van der Waals surface area contributed by atoms with Gasteiger partial charge in [-0.3, -0.25) is 4.57 Å². The molecular formula is C18H21O5P. The first-order chi connectivity index (χ1) is 11.5. The third-order valence-corrected chi connectivity index (χ3v) is 5.55. The Morgan fingerprint density at radius 1 is 1.00 bits per heavy atom. The molecule has 0 amide bonds. The Labute approximate surface area is 142 Å². The summed E-state index contributed by atoms with van der Waals surface area (Å²) in [5.41, 5.74) is 2.24. The fraction of sp³-hybridized carbons (Fsp3) is 0.278. The van der Waals surface area contributed by atoms with Gasteiger partial charge in [0.05, 0.1) is 11.7 Å². The number of rotatable bonds is 7. The van der Waals surface area contributed by atoms with Crippen molar-refractivity contribution in [3.8, 4) is 0 Å². The van der Waals surface area contributed by atoms with E-state index in [2.05, 4.69) is 0 Å². The van der Waals surface area contributed by atoms with Crippen molar-refractivity contribution in [2.75, 3.05) is 20.4 Å². The highest BCUT2D eigenvalue weighted by atomic mass is 31.2. The molecule has 128 valence electrons. The molecule has 0 radical (unpaired) electrons. The van der Waals surface area contributed by atoms with E-state index in [1.165, 1.54) is 14.2 Å². The predicted octanol–water partition coefficient (Wildman–Crippen LogP) is 4.38. The Balaban J connectivity index is 2.27. The van der Waals surface area contributed by atoms with Gasteiger partial charge in [-0.25, -0.2) is 4.79 Å². The van der Waals surface area contributed by atoms with Gasteiger partial charge in [0.1, 0.15) is 6.10 Å². The zero-order chi connectivity index (χ0) is 17.6. The van der Waals surface area contributed by atoms with Crippen molar-refractivity contribution in [3.05, 3.63) is 71.3 Å². The smallest absolute Gasteiger partial charge is 0.338 e. The van der Waals surface area contributed by atoms with Crippen LogP contribution in [0.4, 0.5) is 0 Å². The first-order valence-electron chi connectivity index (χ1n) is 7.50. The van der Waals surface area contributed by atoms with Crippen LogP contribution in [0.3, 0.4) is 0 Å². The van der Waals surface area contributed by atoms with Gasteiger partial charge in [0.25, 0.3) is 0 Å². The summed E-state index contributed by atoms with van der Waals surface area (Å²) in [6.45, 7) is 1.96. The van der Waals surface area contributed by atoms with Crippen LogP contribution in [0, 0.1) is 6.92 Å². The molecule has 2 rings (SSSR count). The number of benzene rings is 2. The lowest BCUT2D eigenvalue weighted by molar-refractivity contribution is 0.0333. The third kappa shape index (κ3) is 4.78. The summed E-state index contributed by atoms with van der Waals surface area (Å²) >= 11 is 0. The summed E-state index contributed by atoms with van der Waals surface area (Å²) in [5, 5.41) is 0. The maximum atomic E-state index is 12.5. The molecule has 0 bridgehead atoms. The molecule has 24 heavy (non-hydrogen) atoms. The summed E-state index contributed by atoms with van der Waals surface area (Å²) in [6, 6.07) is 16.2.